The number of benzene rings is 1. The lowest BCUT2D eigenvalue weighted by molar-refractivity contribution is -0.118. The van der Waals surface area contributed by atoms with Crippen molar-refractivity contribution in [3.05, 3.63) is 30.3 Å². The lowest BCUT2D eigenvalue weighted by Crippen LogP contribution is -2.51. The quantitative estimate of drug-likeness (QED) is 0.855. The predicted octanol–water partition coefficient (Wildman–Crippen LogP) is 1.39. The van der Waals surface area contributed by atoms with Gasteiger partial charge in [-0.05, 0) is 31.5 Å². The average molecular weight is 245 g/mol. The van der Waals surface area contributed by atoms with Crippen LogP contribution in [0.1, 0.15) is 19.3 Å². The molecule has 2 heterocycles. The maximum Gasteiger partial charge on any atom is 0.242 e. The summed E-state index contributed by atoms with van der Waals surface area (Å²) in [5.74, 6) is 0.215. The number of amides is 1. The number of anilines is 1. The van der Waals surface area contributed by atoms with Crippen LogP contribution in [-0.4, -0.2) is 36.6 Å². The molecule has 2 aliphatic heterocycles. The zero-order chi connectivity index (χ0) is 12.4. The van der Waals surface area contributed by atoms with E-state index in [0.717, 1.165) is 25.3 Å². The summed E-state index contributed by atoms with van der Waals surface area (Å²) in [6.45, 7) is 2.93. The van der Waals surface area contributed by atoms with Gasteiger partial charge < -0.3 is 5.32 Å². The molecule has 0 aliphatic carbocycles. The van der Waals surface area contributed by atoms with Crippen molar-refractivity contribution in [1.29, 1.82) is 0 Å². The smallest absolute Gasteiger partial charge is 0.242 e. The Kier molecular flexibility index (Phi) is 3.30. The summed E-state index contributed by atoms with van der Waals surface area (Å²) in [6.07, 6.45) is 2.99. The van der Waals surface area contributed by atoms with Gasteiger partial charge in [0.05, 0.1) is 5.69 Å². The molecule has 1 N–H and O–H groups in total. The van der Waals surface area contributed by atoms with Gasteiger partial charge in [-0.25, -0.2) is 10.0 Å². The van der Waals surface area contributed by atoms with E-state index in [1.165, 1.54) is 12.8 Å². The molecule has 4 nitrogen and oxygen atoms in total. The fraction of sp³-hybridized carbons (Fsp3) is 0.500. The van der Waals surface area contributed by atoms with Crippen molar-refractivity contribution < 1.29 is 4.79 Å². The average Bonchev–Trinajstić information content (AvgIpc) is 2.83. The summed E-state index contributed by atoms with van der Waals surface area (Å²) in [5, 5.41) is 7.53. The third-order valence-corrected chi connectivity index (χ3v) is 3.74. The zero-order valence-corrected chi connectivity index (χ0v) is 10.5. The van der Waals surface area contributed by atoms with E-state index >= 15 is 0 Å². The molecule has 18 heavy (non-hydrogen) atoms. The number of nitrogens with one attached hydrogen (secondary N) is 1. The van der Waals surface area contributed by atoms with Crippen LogP contribution < -0.4 is 10.3 Å². The zero-order valence-electron chi connectivity index (χ0n) is 10.5. The third-order valence-electron chi connectivity index (χ3n) is 3.74. The van der Waals surface area contributed by atoms with Crippen molar-refractivity contribution in [3.63, 3.8) is 0 Å². The van der Waals surface area contributed by atoms with Crippen LogP contribution in [0, 0.1) is 0 Å². The molecule has 1 unspecified atom stereocenters. The van der Waals surface area contributed by atoms with E-state index in [0.29, 0.717) is 12.5 Å². The molecule has 1 amide bonds. The van der Waals surface area contributed by atoms with Crippen molar-refractivity contribution >= 4 is 11.6 Å². The first-order chi connectivity index (χ1) is 8.86. The highest BCUT2D eigenvalue weighted by Crippen LogP contribution is 2.26. The summed E-state index contributed by atoms with van der Waals surface area (Å²) >= 11 is 0. The standard InChI is InChI=1S/C14H19N3O/c18-14-8-10-16(13-7-4-9-15-11-13)17(14)12-5-2-1-3-6-12/h1-3,5-6,13,15H,4,7-11H2. The van der Waals surface area contributed by atoms with E-state index in [1.807, 2.05) is 35.3 Å². The second kappa shape index (κ2) is 5.08. The Bertz CT molecular complexity index is 414. The first-order valence-electron chi connectivity index (χ1n) is 6.71. The van der Waals surface area contributed by atoms with Crippen molar-refractivity contribution in [2.75, 3.05) is 24.6 Å². The fourth-order valence-corrected chi connectivity index (χ4v) is 2.85. The SMILES string of the molecule is O=C1CCN(C2CCCNC2)N1c1ccccc1. The van der Waals surface area contributed by atoms with E-state index < -0.39 is 0 Å². The lowest BCUT2D eigenvalue weighted by Gasteiger charge is -2.37. The molecule has 1 atom stereocenters. The van der Waals surface area contributed by atoms with Crippen LogP contribution in [0.15, 0.2) is 30.3 Å². The second-order valence-corrected chi connectivity index (χ2v) is 4.95. The minimum absolute atomic E-state index is 0.215. The number of nitrogens with zero attached hydrogens (tertiary/aromatic N) is 2. The molecule has 96 valence electrons. The highest BCUT2D eigenvalue weighted by molar-refractivity contribution is 5.94. The van der Waals surface area contributed by atoms with E-state index in [1.54, 1.807) is 0 Å². The number of hydrogen-bond donors (Lipinski definition) is 1. The van der Waals surface area contributed by atoms with Gasteiger partial charge in [0, 0.05) is 25.6 Å². The number of para-hydroxylation sites is 1. The van der Waals surface area contributed by atoms with Crippen LogP contribution in [-0.2, 0) is 4.79 Å². The fourth-order valence-electron chi connectivity index (χ4n) is 2.85. The van der Waals surface area contributed by atoms with Gasteiger partial charge in [0.25, 0.3) is 0 Å². The number of rotatable bonds is 2. The minimum atomic E-state index is 0.215. The number of carbonyl (C=O) groups is 1. The molecular formula is C14H19N3O. The molecule has 1 aromatic carbocycles. The summed E-state index contributed by atoms with van der Waals surface area (Å²) in [4.78, 5) is 12.1. The summed E-state index contributed by atoms with van der Waals surface area (Å²) < 4.78 is 0. The highest BCUT2D eigenvalue weighted by Gasteiger charge is 2.35. The predicted molar refractivity (Wildman–Crippen MR) is 71.1 cm³/mol. The molecule has 0 aromatic heterocycles. The van der Waals surface area contributed by atoms with Gasteiger partial charge in [-0.2, -0.15) is 0 Å². The summed E-state index contributed by atoms with van der Waals surface area (Å²) in [7, 11) is 0. The Labute approximate surface area is 108 Å². The molecule has 0 saturated carbocycles. The molecule has 2 saturated heterocycles. The molecule has 0 spiro atoms. The Morgan fingerprint density at radius 1 is 1.22 bits per heavy atom. The molecule has 2 fully saturated rings. The summed E-state index contributed by atoms with van der Waals surface area (Å²) in [5.41, 5.74) is 0.991. The summed E-state index contributed by atoms with van der Waals surface area (Å²) in [6, 6.07) is 10.4. The first-order valence-corrected chi connectivity index (χ1v) is 6.71. The first kappa shape index (κ1) is 11.7. The van der Waals surface area contributed by atoms with Crippen LogP contribution in [0.25, 0.3) is 0 Å². The van der Waals surface area contributed by atoms with Crippen molar-refractivity contribution in [2.45, 2.75) is 25.3 Å². The van der Waals surface area contributed by atoms with Crippen LogP contribution >= 0.6 is 0 Å². The van der Waals surface area contributed by atoms with Gasteiger partial charge in [0.1, 0.15) is 0 Å². The van der Waals surface area contributed by atoms with Gasteiger partial charge in [0.15, 0.2) is 0 Å². The van der Waals surface area contributed by atoms with Crippen molar-refractivity contribution in [1.82, 2.24) is 10.3 Å². The monoisotopic (exact) mass is 245 g/mol. The highest BCUT2D eigenvalue weighted by atomic mass is 16.2. The van der Waals surface area contributed by atoms with Crippen molar-refractivity contribution in [2.24, 2.45) is 0 Å². The van der Waals surface area contributed by atoms with E-state index in [2.05, 4.69) is 10.3 Å². The molecule has 1 aromatic rings. The van der Waals surface area contributed by atoms with E-state index in [-0.39, 0.29) is 5.91 Å². The van der Waals surface area contributed by atoms with Crippen molar-refractivity contribution in [3.8, 4) is 0 Å². The van der Waals surface area contributed by atoms with Crippen LogP contribution in [0.2, 0.25) is 0 Å². The largest absolute Gasteiger partial charge is 0.315 e. The van der Waals surface area contributed by atoms with Gasteiger partial charge in [-0.15, -0.1) is 0 Å². The topological polar surface area (TPSA) is 35.6 Å². The van der Waals surface area contributed by atoms with Crippen LogP contribution in [0.4, 0.5) is 5.69 Å². The Balaban J connectivity index is 1.83. The number of hydrogen-bond acceptors (Lipinski definition) is 3. The molecule has 3 rings (SSSR count). The maximum atomic E-state index is 12.1. The van der Waals surface area contributed by atoms with Gasteiger partial charge >= 0.3 is 0 Å². The maximum absolute atomic E-state index is 12.1. The number of piperidine rings is 1. The Morgan fingerprint density at radius 2 is 2.06 bits per heavy atom. The molecule has 2 aliphatic rings. The third kappa shape index (κ3) is 2.13. The second-order valence-electron chi connectivity index (χ2n) is 4.95. The molecule has 4 heteroatoms. The minimum Gasteiger partial charge on any atom is -0.315 e. The van der Waals surface area contributed by atoms with Crippen LogP contribution in [0.5, 0.6) is 0 Å². The number of hydrazine groups is 1. The lowest BCUT2D eigenvalue weighted by atomic mass is 10.1. The Hall–Kier alpha value is -1.39. The van der Waals surface area contributed by atoms with Crippen LogP contribution in [0.3, 0.4) is 0 Å². The number of carbonyl (C=O) groups excluding carboxylic acids is 1. The van der Waals surface area contributed by atoms with E-state index in [9.17, 15) is 4.79 Å². The molecule has 0 bridgehead atoms. The van der Waals surface area contributed by atoms with Gasteiger partial charge in [-0.1, -0.05) is 18.2 Å². The van der Waals surface area contributed by atoms with E-state index in [4.69, 9.17) is 0 Å². The Morgan fingerprint density at radius 3 is 2.78 bits per heavy atom. The van der Waals surface area contributed by atoms with Gasteiger partial charge in [0.2, 0.25) is 5.91 Å². The van der Waals surface area contributed by atoms with Gasteiger partial charge in [-0.3, -0.25) is 4.79 Å². The molecule has 0 radical (unpaired) electrons. The molecular weight excluding hydrogens is 226 g/mol. The normalized spacial score (nSPS) is 25.7.